The molecule has 0 radical (unpaired) electrons. The molecule has 19 heavy (non-hydrogen) atoms. The second kappa shape index (κ2) is 6.55. The molecule has 0 bridgehead atoms. The number of nitrogens with one attached hydrogen (secondary N) is 1. The first-order valence-electron chi connectivity index (χ1n) is 7.42. The summed E-state index contributed by atoms with van der Waals surface area (Å²) in [7, 11) is -1.44. The Morgan fingerprint density at radius 2 is 1.63 bits per heavy atom. The van der Waals surface area contributed by atoms with E-state index in [0.29, 0.717) is 12.6 Å². The van der Waals surface area contributed by atoms with E-state index in [0.717, 1.165) is 12.8 Å². The van der Waals surface area contributed by atoms with Crippen molar-refractivity contribution in [1.82, 2.24) is 9.62 Å². The van der Waals surface area contributed by atoms with Gasteiger partial charge in [-0.2, -0.15) is 0 Å². The third kappa shape index (κ3) is 4.43. The standard InChI is InChI=1S/C14H30N2O2S/c1-12(2)15-14(9-7-6-8-10-14)11-16(5)19(17,18)13(3)4/h12-13,15H,6-11H2,1-5H3. The summed E-state index contributed by atoms with van der Waals surface area (Å²) in [6.07, 6.45) is 5.79. The van der Waals surface area contributed by atoms with Crippen LogP contribution >= 0.6 is 0 Å². The van der Waals surface area contributed by atoms with E-state index in [4.69, 9.17) is 0 Å². The molecular formula is C14H30N2O2S. The maximum atomic E-state index is 12.2. The van der Waals surface area contributed by atoms with E-state index in [1.807, 2.05) is 0 Å². The van der Waals surface area contributed by atoms with Crippen LogP contribution in [0.2, 0.25) is 0 Å². The van der Waals surface area contributed by atoms with Crippen LogP contribution in [0.3, 0.4) is 0 Å². The molecule has 114 valence electrons. The highest BCUT2D eigenvalue weighted by molar-refractivity contribution is 7.89. The molecule has 0 spiro atoms. The minimum atomic E-state index is -3.16. The van der Waals surface area contributed by atoms with Crippen LogP contribution in [0.25, 0.3) is 0 Å². The highest BCUT2D eigenvalue weighted by Gasteiger charge is 2.36. The average molecular weight is 290 g/mol. The van der Waals surface area contributed by atoms with Crippen LogP contribution in [0.4, 0.5) is 0 Å². The van der Waals surface area contributed by atoms with Crippen molar-refractivity contribution < 1.29 is 8.42 Å². The van der Waals surface area contributed by atoms with Gasteiger partial charge in [0.1, 0.15) is 0 Å². The summed E-state index contributed by atoms with van der Waals surface area (Å²) in [4.78, 5) is 0. The highest BCUT2D eigenvalue weighted by Crippen LogP contribution is 2.30. The first kappa shape index (κ1) is 16.9. The van der Waals surface area contributed by atoms with Crippen LogP contribution in [0.1, 0.15) is 59.8 Å². The minimum Gasteiger partial charge on any atom is -0.308 e. The Bertz CT molecular complexity index is 371. The molecule has 1 fully saturated rings. The second-order valence-electron chi connectivity index (χ2n) is 6.49. The van der Waals surface area contributed by atoms with Crippen molar-refractivity contribution in [3.63, 3.8) is 0 Å². The molecule has 1 saturated carbocycles. The lowest BCUT2D eigenvalue weighted by Gasteiger charge is -2.42. The molecule has 0 aliphatic heterocycles. The van der Waals surface area contributed by atoms with Gasteiger partial charge in [0, 0.05) is 25.2 Å². The van der Waals surface area contributed by atoms with Crippen LogP contribution in [0.15, 0.2) is 0 Å². The third-order valence-electron chi connectivity index (χ3n) is 3.96. The van der Waals surface area contributed by atoms with E-state index in [1.165, 1.54) is 19.3 Å². The molecule has 0 heterocycles. The molecule has 0 amide bonds. The molecule has 0 aromatic carbocycles. The zero-order chi connectivity index (χ0) is 14.7. The van der Waals surface area contributed by atoms with Crippen LogP contribution in [-0.4, -0.2) is 43.1 Å². The lowest BCUT2D eigenvalue weighted by molar-refractivity contribution is 0.183. The van der Waals surface area contributed by atoms with Gasteiger partial charge in [-0.3, -0.25) is 0 Å². The van der Waals surface area contributed by atoms with Crippen molar-refractivity contribution in [3.8, 4) is 0 Å². The van der Waals surface area contributed by atoms with Crippen molar-refractivity contribution >= 4 is 10.0 Å². The summed E-state index contributed by atoms with van der Waals surface area (Å²) in [6.45, 7) is 8.34. The Hall–Kier alpha value is -0.130. The molecule has 1 aliphatic rings. The minimum absolute atomic E-state index is 0.0386. The zero-order valence-corrected chi connectivity index (χ0v) is 13.9. The SMILES string of the molecule is CC(C)NC1(CN(C)S(=O)(=O)C(C)C)CCCCC1. The molecule has 1 rings (SSSR count). The summed E-state index contributed by atoms with van der Waals surface area (Å²) in [5.74, 6) is 0. The number of sulfonamides is 1. The van der Waals surface area contributed by atoms with Crippen molar-refractivity contribution in [2.45, 2.75) is 76.6 Å². The van der Waals surface area contributed by atoms with Gasteiger partial charge in [-0.1, -0.05) is 33.1 Å². The largest absolute Gasteiger partial charge is 0.308 e. The summed E-state index contributed by atoms with van der Waals surface area (Å²) >= 11 is 0. The van der Waals surface area contributed by atoms with Gasteiger partial charge in [-0.25, -0.2) is 12.7 Å². The van der Waals surface area contributed by atoms with E-state index >= 15 is 0 Å². The summed E-state index contributed by atoms with van der Waals surface area (Å²) in [5, 5.41) is 3.28. The molecule has 5 heteroatoms. The Kier molecular flexibility index (Phi) is 5.83. The van der Waals surface area contributed by atoms with E-state index in [-0.39, 0.29) is 10.8 Å². The smallest absolute Gasteiger partial charge is 0.216 e. The maximum Gasteiger partial charge on any atom is 0.216 e. The van der Waals surface area contributed by atoms with Crippen molar-refractivity contribution in [2.75, 3.05) is 13.6 Å². The number of likely N-dealkylation sites (N-methyl/N-ethyl adjacent to an activating group) is 1. The Labute approximate surface area is 119 Å². The van der Waals surface area contributed by atoms with Gasteiger partial charge in [0.15, 0.2) is 0 Å². The fraction of sp³-hybridized carbons (Fsp3) is 1.00. The molecular weight excluding hydrogens is 260 g/mol. The van der Waals surface area contributed by atoms with Crippen LogP contribution in [0, 0.1) is 0 Å². The fourth-order valence-corrected chi connectivity index (χ4v) is 4.21. The molecule has 1 aliphatic carbocycles. The number of nitrogens with zero attached hydrogens (tertiary/aromatic N) is 1. The second-order valence-corrected chi connectivity index (χ2v) is 9.09. The van der Waals surface area contributed by atoms with E-state index in [1.54, 1.807) is 25.2 Å². The topological polar surface area (TPSA) is 49.4 Å². The van der Waals surface area contributed by atoms with Crippen molar-refractivity contribution in [1.29, 1.82) is 0 Å². The molecule has 0 saturated heterocycles. The van der Waals surface area contributed by atoms with E-state index in [2.05, 4.69) is 19.2 Å². The predicted octanol–water partition coefficient (Wildman–Crippen LogP) is 2.36. The zero-order valence-electron chi connectivity index (χ0n) is 13.1. The van der Waals surface area contributed by atoms with Crippen molar-refractivity contribution in [2.24, 2.45) is 0 Å². The van der Waals surface area contributed by atoms with Gasteiger partial charge in [-0.15, -0.1) is 0 Å². The predicted molar refractivity (Wildman–Crippen MR) is 80.8 cm³/mol. The quantitative estimate of drug-likeness (QED) is 0.817. The van der Waals surface area contributed by atoms with Gasteiger partial charge in [-0.05, 0) is 26.7 Å². The van der Waals surface area contributed by atoms with Crippen molar-refractivity contribution in [3.05, 3.63) is 0 Å². The maximum absolute atomic E-state index is 12.2. The summed E-state index contributed by atoms with van der Waals surface area (Å²) in [5.41, 5.74) is -0.0386. The highest BCUT2D eigenvalue weighted by atomic mass is 32.2. The number of hydrogen-bond donors (Lipinski definition) is 1. The van der Waals surface area contributed by atoms with Crippen LogP contribution < -0.4 is 5.32 Å². The molecule has 0 aromatic rings. The van der Waals surface area contributed by atoms with Gasteiger partial charge >= 0.3 is 0 Å². The molecule has 0 aromatic heterocycles. The monoisotopic (exact) mass is 290 g/mol. The normalized spacial score (nSPS) is 20.4. The van der Waals surface area contributed by atoms with Crippen LogP contribution in [0.5, 0.6) is 0 Å². The first-order valence-corrected chi connectivity index (χ1v) is 8.93. The molecule has 0 unspecified atom stereocenters. The average Bonchev–Trinajstić information content (AvgIpc) is 2.28. The molecule has 1 N–H and O–H groups in total. The summed E-state index contributed by atoms with van der Waals surface area (Å²) < 4.78 is 26.0. The van der Waals surface area contributed by atoms with Crippen LogP contribution in [-0.2, 0) is 10.0 Å². The molecule has 0 atom stereocenters. The molecule has 4 nitrogen and oxygen atoms in total. The Morgan fingerprint density at radius 1 is 1.11 bits per heavy atom. The number of rotatable bonds is 6. The third-order valence-corrected chi connectivity index (χ3v) is 6.15. The van der Waals surface area contributed by atoms with Gasteiger partial charge in [0.2, 0.25) is 10.0 Å². The Morgan fingerprint density at radius 3 is 2.05 bits per heavy atom. The summed E-state index contributed by atoms with van der Waals surface area (Å²) in [6, 6.07) is 0.383. The lowest BCUT2D eigenvalue weighted by Crippen LogP contribution is -2.57. The number of hydrogen-bond acceptors (Lipinski definition) is 3. The first-order chi connectivity index (χ1) is 8.69. The Balaban J connectivity index is 2.83. The van der Waals surface area contributed by atoms with Gasteiger partial charge in [0.25, 0.3) is 0 Å². The van der Waals surface area contributed by atoms with Gasteiger partial charge < -0.3 is 5.32 Å². The lowest BCUT2D eigenvalue weighted by atomic mass is 9.81. The van der Waals surface area contributed by atoms with Gasteiger partial charge in [0.05, 0.1) is 5.25 Å². The van der Waals surface area contributed by atoms with E-state index in [9.17, 15) is 8.42 Å². The van der Waals surface area contributed by atoms with E-state index < -0.39 is 10.0 Å². The fourth-order valence-electron chi connectivity index (χ4n) is 3.07.